The van der Waals surface area contributed by atoms with E-state index in [9.17, 15) is 0 Å². The van der Waals surface area contributed by atoms with Gasteiger partial charge in [-0.3, -0.25) is 0 Å². The summed E-state index contributed by atoms with van der Waals surface area (Å²) in [6.45, 7) is 7.99. The first-order valence-corrected chi connectivity index (χ1v) is 5.66. The van der Waals surface area contributed by atoms with Crippen LogP contribution in [0.15, 0.2) is 5.38 Å². The fraction of sp³-hybridized carbons (Fsp3) is 0.700. The summed E-state index contributed by atoms with van der Waals surface area (Å²) in [7, 11) is 2.07. The first-order valence-electron chi connectivity index (χ1n) is 4.78. The molecule has 0 aliphatic heterocycles. The Bertz CT molecular complexity index is 293. The Morgan fingerprint density at radius 3 is 2.64 bits per heavy atom. The minimum Gasteiger partial charge on any atom is -0.351 e. The maximum atomic E-state index is 5.69. The Morgan fingerprint density at radius 1 is 1.57 bits per heavy atom. The topological polar surface area (TPSA) is 42.1 Å². The number of rotatable bonds is 4. The molecule has 0 saturated carbocycles. The van der Waals surface area contributed by atoms with Crippen molar-refractivity contribution < 1.29 is 0 Å². The number of nitrogens with zero attached hydrogens (tertiary/aromatic N) is 2. The van der Waals surface area contributed by atoms with Crippen molar-refractivity contribution in [3.8, 4) is 0 Å². The molecule has 1 heterocycles. The molecule has 14 heavy (non-hydrogen) atoms. The summed E-state index contributed by atoms with van der Waals surface area (Å²) in [5, 5.41) is 3.14. The minimum absolute atomic E-state index is 0.147. The van der Waals surface area contributed by atoms with E-state index >= 15 is 0 Å². The van der Waals surface area contributed by atoms with Crippen LogP contribution in [-0.4, -0.2) is 25.1 Å². The molecule has 3 nitrogen and oxygen atoms in total. The van der Waals surface area contributed by atoms with Crippen molar-refractivity contribution in [2.45, 2.75) is 20.8 Å². The van der Waals surface area contributed by atoms with Gasteiger partial charge in [0, 0.05) is 19.0 Å². The highest BCUT2D eigenvalue weighted by atomic mass is 32.1. The smallest absolute Gasteiger partial charge is 0.185 e. The van der Waals surface area contributed by atoms with Crippen molar-refractivity contribution in [2.75, 3.05) is 25.0 Å². The van der Waals surface area contributed by atoms with Crippen LogP contribution < -0.4 is 10.6 Å². The standard InChI is InChI=1S/C10H19N3S/c1-8-5-14-9(12-8)13(4)7-10(2,3)6-11/h5H,6-7,11H2,1-4H3. The molecule has 0 unspecified atom stereocenters. The van der Waals surface area contributed by atoms with Gasteiger partial charge in [-0.2, -0.15) is 0 Å². The number of thiazole rings is 1. The van der Waals surface area contributed by atoms with Gasteiger partial charge in [-0.1, -0.05) is 13.8 Å². The highest BCUT2D eigenvalue weighted by Gasteiger charge is 2.19. The zero-order valence-electron chi connectivity index (χ0n) is 9.37. The summed E-state index contributed by atoms with van der Waals surface area (Å²) in [5.41, 5.74) is 6.93. The van der Waals surface area contributed by atoms with Crippen molar-refractivity contribution in [1.29, 1.82) is 0 Å². The molecule has 1 aromatic heterocycles. The van der Waals surface area contributed by atoms with Crippen LogP contribution in [0.2, 0.25) is 0 Å². The van der Waals surface area contributed by atoms with Crippen LogP contribution in [0.1, 0.15) is 19.5 Å². The lowest BCUT2D eigenvalue weighted by atomic mass is 9.93. The van der Waals surface area contributed by atoms with Crippen molar-refractivity contribution in [1.82, 2.24) is 4.98 Å². The second kappa shape index (κ2) is 4.28. The number of anilines is 1. The van der Waals surface area contributed by atoms with Crippen LogP contribution in [0.3, 0.4) is 0 Å². The Kier molecular flexibility index (Phi) is 3.50. The fourth-order valence-corrected chi connectivity index (χ4v) is 2.06. The normalized spacial score (nSPS) is 11.8. The summed E-state index contributed by atoms with van der Waals surface area (Å²) in [6.07, 6.45) is 0. The van der Waals surface area contributed by atoms with Gasteiger partial charge < -0.3 is 10.6 Å². The molecule has 0 atom stereocenters. The van der Waals surface area contributed by atoms with E-state index in [-0.39, 0.29) is 5.41 Å². The summed E-state index contributed by atoms with van der Waals surface area (Å²) in [6, 6.07) is 0. The van der Waals surface area contributed by atoms with E-state index < -0.39 is 0 Å². The predicted molar refractivity (Wildman–Crippen MR) is 63.0 cm³/mol. The second-order valence-electron chi connectivity index (χ2n) is 4.50. The molecule has 0 radical (unpaired) electrons. The number of nitrogens with two attached hydrogens (primary N) is 1. The van der Waals surface area contributed by atoms with Crippen LogP contribution in [0, 0.1) is 12.3 Å². The molecule has 4 heteroatoms. The summed E-state index contributed by atoms with van der Waals surface area (Å²) < 4.78 is 0. The van der Waals surface area contributed by atoms with Gasteiger partial charge in [0.15, 0.2) is 5.13 Å². The Labute approximate surface area is 89.9 Å². The molecule has 0 aromatic carbocycles. The first-order chi connectivity index (χ1) is 6.44. The van der Waals surface area contributed by atoms with Crippen LogP contribution in [0.5, 0.6) is 0 Å². The maximum absolute atomic E-state index is 5.69. The van der Waals surface area contributed by atoms with E-state index in [2.05, 4.69) is 36.2 Å². The molecule has 1 aromatic rings. The van der Waals surface area contributed by atoms with E-state index in [1.165, 1.54) is 0 Å². The summed E-state index contributed by atoms with van der Waals surface area (Å²) in [5.74, 6) is 0. The highest BCUT2D eigenvalue weighted by molar-refractivity contribution is 7.13. The minimum atomic E-state index is 0.147. The van der Waals surface area contributed by atoms with Crippen molar-refractivity contribution in [3.05, 3.63) is 11.1 Å². The van der Waals surface area contributed by atoms with Crippen LogP contribution in [0.4, 0.5) is 5.13 Å². The zero-order chi connectivity index (χ0) is 10.8. The van der Waals surface area contributed by atoms with Gasteiger partial charge in [0.1, 0.15) is 0 Å². The monoisotopic (exact) mass is 213 g/mol. The molecule has 80 valence electrons. The van der Waals surface area contributed by atoms with E-state index in [4.69, 9.17) is 5.73 Å². The summed E-state index contributed by atoms with van der Waals surface area (Å²) >= 11 is 1.68. The van der Waals surface area contributed by atoms with Crippen LogP contribution in [-0.2, 0) is 0 Å². The molecule has 2 N–H and O–H groups in total. The third kappa shape index (κ3) is 2.96. The molecule has 0 saturated heterocycles. The van der Waals surface area contributed by atoms with Crippen molar-refractivity contribution >= 4 is 16.5 Å². The molecule has 0 aliphatic rings. The lowest BCUT2D eigenvalue weighted by Crippen LogP contribution is -2.36. The van der Waals surface area contributed by atoms with Gasteiger partial charge in [-0.15, -0.1) is 11.3 Å². The maximum Gasteiger partial charge on any atom is 0.185 e. The van der Waals surface area contributed by atoms with Gasteiger partial charge in [0.25, 0.3) is 0 Å². The Hall–Kier alpha value is -0.610. The average Bonchev–Trinajstić information content (AvgIpc) is 2.51. The van der Waals surface area contributed by atoms with E-state index in [1.807, 2.05) is 6.92 Å². The summed E-state index contributed by atoms with van der Waals surface area (Å²) in [4.78, 5) is 6.60. The third-order valence-corrected chi connectivity index (χ3v) is 3.22. The SMILES string of the molecule is Cc1csc(N(C)CC(C)(C)CN)n1. The van der Waals surface area contributed by atoms with E-state index in [0.717, 1.165) is 17.4 Å². The quantitative estimate of drug-likeness (QED) is 0.830. The molecular weight excluding hydrogens is 194 g/mol. The van der Waals surface area contributed by atoms with Crippen molar-refractivity contribution in [3.63, 3.8) is 0 Å². The fourth-order valence-electron chi connectivity index (χ4n) is 1.29. The molecule has 0 amide bonds. The second-order valence-corrected chi connectivity index (χ2v) is 5.33. The Morgan fingerprint density at radius 2 is 2.21 bits per heavy atom. The van der Waals surface area contributed by atoms with Gasteiger partial charge in [-0.25, -0.2) is 4.98 Å². The lowest BCUT2D eigenvalue weighted by Gasteiger charge is -2.28. The molecule has 0 fully saturated rings. The van der Waals surface area contributed by atoms with Gasteiger partial charge >= 0.3 is 0 Å². The molecule has 1 rings (SSSR count). The first kappa shape index (κ1) is 11.5. The molecule has 0 spiro atoms. The average molecular weight is 213 g/mol. The molecule has 0 aliphatic carbocycles. The predicted octanol–water partition coefficient (Wildman–Crippen LogP) is 1.87. The number of hydrogen-bond acceptors (Lipinski definition) is 4. The molecular formula is C10H19N3S. The lowest BCUT2D eigenvalue weighted by molar-refractivity contribution is 0.385. The largest absolute Gasteiger partial charge is 0.351 e. The van der Waals surface area contributed by atoms with Gasteiger partial charge in [0.05, 0.1) is 5.69 Å². The Balaban J connectivity index is 2.63. The van der Waals surface area contributed by atoms with Gasteiger partial charge in [-0.05, 0) is 18.9 Å². The highest BCUT2D eigenvalue weighted by Crippen LogP contribution is 2.22. The van der Waals surface area contributed by atoms with E-state index in [1.54, 1.807) is 11.3 Å². The molecule has 0 bridgehead atoms. The van der Waals surface area contributed by atoms with Crippen molar-refractivity contribution in [2.24, 2.45) is 11.1 Å². The van der Waals surface area contributed by atoms with E-state index in [0.29, 0.717) is 6.54 Å². The number of aryl methyl sites for hydroxylation is 1. The number of hydrogen-bond donors (Lipinski definition) is 1. The third-order valence-electron chi connectivity index (χ3n) is 2.15. The van der Waals surface area contributed by atoms with Crippen LogP contribution in [0.25, 0.3) is 0 Å². The van der Waals surface area contributed by atoms with Gasteiger partial charge in [0.2, 0.25) is 0 Å². The van der Waals surface area contributed by atoms with Crippen LogP contribution >= 0.6 is 11.3 Å². The number of aromatic nitrogens is 1. The zero-order valence-corrected chi connectivity index (χ0v) is 10.2.